The van der Waals surface area contributed by atoms with Crippen LogP contribution in [0.2, 0.25) is 0 Å². The molecule has 10 nitrogen and oxygen atoms in total. The van der Waals surface area contributed by atoms with Gasteiger partial charge in [0.25, 0.3) is 5.91 Å². The summed E-state index contributed by atoms with van der Waals surface area (Å²) in [6, 6.07) is 9.75. The van der Waals surface area contributed by atoms with Crippen molar-refractivity contribution in [3.05, 3.63) is 61.7 Å². The number of nitrogens with zero attached hydrogens (tertiary/aromatic N) is 1. The lowest BCUT2D eigenvalue weighted by Crippen LogP contribution is -2.64. The van der Waals surface area contributed by atoms with Crippen LogP contribution in [0.25, 0.3) is 0 Å². The Balaban J connectivity index is 0.000000389. The van der Waals surface area contributed by atoms with Gasteiger partial charge in [0.15, 0.2) is 23.0 Å². The molecule has 1 N–H and O–H groups in total. The van der Waals surface area contributed by atoms with Gasteiger partial charge in [0, 0.05) is 18.2 Å². The van der Waals surface area contributed by atoms with Crippen molar-refractivity contribution >= 4 is 23.5 Å². The topological polar surface area (TPSA) is 113 Å². The highest BCUT2D eigenvalue weighted by Crippen LogP contribution is 2.42. The van der Waals surface area contributed by atoms with Gasteiger partial charge in [-0.1, -0.05) is 39.1 Å². The number of β-lactam (4-membered cyclic amide) rings is 1. The monoisotopic (exact) mass is 514 g/mol. The molecule has 0 bridgehead atoms. The summed E-state index contributed by atoms with van der Waals surface area (Å²) in [5.41, 5.74) is 0.614. The summed E-state index contributed by atoms with van der Waals surface area (Å²) in [6.45, 7) is 11.0. The molecular formula is C27H34N2O8. The number of anilines is 1. The number of hydrogen-bond acceptors (Lipinski definition) is 8. The molecule has 0 aromatic heterocycles. The predicted octanol–water partition coefficient (Wildman–Crippen LogP) is 3.54. The van der Waals surface area contributed by atoms with Gasteiger partial charge in [-0.15, -0.1) is 0 Å². The Morgan fingerprint density at radius 2 is 1.43 bits per heavy atom. The van der Waals surface area contributed by atoms with E-state index >= 15 is 0 Å². The van der Waals surface area contributed by atoms with Gasteiger partial charge in [-0.2, -0.15) is 0 Å². The number of carbonyl (C=O) groups is 3. The summed E-state index contributed by atoms with van der Waals surface area (Å²) in [7, 11) is 6.04. The quantitative estimate of drug-likeness (QED) is 0.234. The second kappa shape index (κ2) is 15.5. The number of nitrogens with one attached hydrogen (secondary N) is 1. The molecule has 1 unspecified atom stereocenters. The number of esters is 1. The number of ether oxygens (including phenoxy) is 5. The van der Waals surface area contributed by atoms with Crippen LogP contribution in [0.5, 0.6) is 28.7 Å². The first-order valence-electron chi connectivity index (χ1n) is 11.3. The molecule has 0 spiro atoms. The lowest BCUT2D eigenvalue weighted by Gasteiger charge is -2.38. The van der Waals surface area contributed by atoms with Crippen LogP contribution in [0.1, 0.15) is 13.8 Å². The van der Waals surface area contributed by atoms with Gasteiger partial charge in [0.1, 0.15) is 6.04 Å². The third-order valence-electron chi connectivity index (χ3n) is 4.84. The van der Waals surface area contributed by atoms with E-state index in [0.717, 1.165) is 12.2 Å². The van der Waals surface area contributed by atoms with Gasteiger partial charge in [-0.05, 0) is 18.2 Å². The first-order chi connectivity index (χ1) is 17.8. The van der Waals surface area contributed by atoms with E-state index in [0.29, 0.717) is 41.0 Å². The molecule has 2 amide bonds. The van der Waals surface area contributed by atoms with E-state index < -0.39 is 12.0 Å². The number of carbonyl (C=O) groups excluding carboxylic acids is 3. The highest BCUT2D eigenvalue weighted by Gasteiger charge is 2.39. The Hall–Kier alpha value is -4.47. The second-order valence-corrected chi connectivity index (χ2v) is 6.87. The van der Waals surface area contributed by atoms with Gasteiger partial charge in [0.2, 0.25) is 11.7 Å². The van der Waals surface area contributed by atoms with Crippen molar-refractivity contribution in [1.29, 1.82) is 0 Å². The van der Waals surface area contributed by atoms with Crippen molar-refractivity contribution in [1.82, 2.24) is 5.32 Å². The van der Waals surface area contributed by atoms with E-state index in [4.69, 9.17) is 23.7 Å². The zero-order valence-corrected chi connectivity index (χ0v) is 22.0. The zero-order chi connectivity index (χ0) is 28.0. The molecule has 0 radical (unpaired) electrons. The van der Waals surface area contributed by atoms with Crippen molar-refractivity contribution in [2.45, 2.75) is 19.9 Å². The second-order valence-electron chi connectivity index (χ2n) is 6.87. The first-order valence-corrected chi connectivity index (χ1v) is 11.3. The summed E-state index contributed by atoms with van der Waals surface area (Å²) in [6.07, 6.45) is 2.24. The van der Waals surface area contributed by atoms with Gasteiger partial charge in [-0.3, -0.25) is 9.59 Å². The van der Waals surface area contributed by atoms with Gasteiger partial charge < -0.3 is 33.9 Å². The molecule has 1 aliphatic heterocycles. The average Bonchev–Trinajstić information content (AvgIpc) is 2.95. The molecule has 200 valence electrons. The molecule has 0 saturated carbocycles. The number of rotatable bonds is 9. The third kappa shape index (κ3) is 8.03. The molecule has 1 aliphatic rings. The van der Waals surface area contributed by atoms with Crippen LogP contribution in [0, 0.1) is 0 Å². The Morgan fingerprint density at radius 3 is 1.86 bits per heavy atom. The third-order valence-corrected chi connectivity index (χ3v) is 4.84. The SMILES string of the molecule is C=CC(=O)NC1CN(c2cc(OC)c(OC)c(OC)c2)C1=O.C=CC(=O)Oc1ccccc1OC.CC. The molecular weight excluding hydrogens is 480 g/mol. The summed E-state index contributed by atoms with van der Waals surface area (Å²) < 4.78 is 25.6. The maximum Gasteiger partial charge on any atom is 0.335 e. The normalized spacial score (nSPS) is 13.2. The number of methoxy groups -OCH3 is 4. The van der Waals surface area contributed by atoms with E-state index in [9.17, 15) is 14.4 Å². The van der Waals surface area contributed by atoms with E-state index in [1.165, 1.54) is 33.3 Å². The van der Waals surface area contributed by atoms with E-state index in [-0.39, 0.29) is 11.8 Å². The summed E-state index contributed by atoms with van der Waals surface area (Å²) >= 11 is 0. The standard InChI is InChI=1S/C15H18N2O5.C10H10O3.C2H6/c1-5-13(18)16-10-8-17(15(10)19)9-6-11(20-2)14(22-4)12(7-9)21-3;1-3-10(11)13-9-7-5-4-6-8(9)12-2;1-2/h5-7,10H,1,8H2,2-4H3,(H,16,18);3-7H,1H2,2H3;1-2H3. The number of para-hydroxylation sites is 2. The Morgan fingerprint density at radius 1 is 0.892 bits per heavy atom. The van der Waals surface area contributed by atoms with E-state index in [2.05, 4.69) is 18.5 Å². The Labute approximate surface area is 217 Å². The first kappa shape index (κ1) is 30.6. The highest BCUT2D eigenvalue weighted by atomic mass is 16.6. The molecule has 37 heavy (non-hydrogen) atoms. The number of benzene rings is 2. The van der Waals surface area contributed by atoms with Crippen LogP contribution in [0.15, 0.2) is 61.7 Å². The number of hydrogen-bond donors (Lipinski definition) is 1. The fourth-order valence-corrected chi connectivity index (χ4v) is 3.07. The Kier molecular flexibility index (Phi) is 12.8. The van der Waals surface area contributed by atoms with Crippen LogP contribution in [0.4, 0.5) is 5.69 Å². The van der Waals surface area contributed by atoms with E-state index in [1.807, 2.05) is 13.8 Å². The molecule has 1 saturated heterocycles. The smallest absolute Gasteiger partial charge is 0.335 e. The van der Waals surface area contributed by atoms with Gasteiger partial charge in [-0.25, -0.2) is 4.79 Å². The van der Waals surface area contributed by atoms with Crippen molar-refractivity contribution < 1.29 is 38.1 Å². The molecule has 0 aliphatic carbocycles. The van der Waals surface area contributed by atoms with Crippen molar-refractivity contribution in [3.63, 3.8) is 0 Å². The fraction of sp³-hybridized carbons (Fsp3) is 0.296. The lowest BCUT2D eigenvalue weighted by atomic mass is 10.1. The number of amides is 2. The summed E-state index contributed by atoms with van der Waals surface area (Å²) in [4.78, 5) is 35.7. The average molecular weight is 515 g/mol. The fourth-order valence-electron chi connectivity index (χ4n) is 3.07. The van der Waals surface area contributed by atoms with Gasteiger partial charge in [0.05, 0.1) is 40.7 Å². The maximum atomic E-state index is 12.1. The van der Waals surface area contributed by atoms with Crippen LogP contribution in [-0.2, 0) is 14.4 Å². The van der Waals surface area contributed by atoms with Crippen LogP contribution in [-0.4, -0.2) is 58.8 Å². The largest absolute Gasteiger partial charge is 0.493 e. The van der Waals surface area contributed by atoms with Crippen molar-refractivity contribution in [3.8, 4) is 28.7 Å². The molecule has 2 aromatic carbocycles. The molecule has 3 rings (SSSR count). The van der Waals surface area contributed by atoms with Crippen LogP contribution in [0.3, 0.4) is 0 Å². The Bertz CT molecular complexity index is 1070. The van der Waals surface area contributed by atoms with Gasteiger partial charge >= 0.3 is 5.97 Å². The zero-order valence-electron chi connectivity index (χ0n) is 22.0. The minimum absolute atomic E-state index is 0.204. The predicted molar refractivity (Wildman–Crippen MR) is 141 cm³/mol. The minimum atomic E-state index is -0.537. The molecule has 10 heteroatoms. The molecule has 1 fully saturated rings. The summed E-state index contributed by atoms with van der Waals surface area (Å²) in [5, 5.41) is 2.56. The van der Waals surface area contributed by atoms with Crippen molar-refractivity contribution in [2.75, 3.05) is 39.9 Å². The highest BCUT2D eigenvalue weighted by molar-refractivity contribution is 6.06. The molecule has 1 atom stereocenters. The van der Waals surface area contributed by atoms with Crippen LogP contribution < -0.4 is 33.9 Å². The van der Waals surface area contributed by atoms with E-state index in [1.54, 1.807) is 36.4 Å². The lowest BCUT2D eigenvalue weighted by molar-refractivity contribution is -0.129. The molecule has 1 heterocycles. The maximum absolute atomic E-state index is 12.1. The van der Waals surface area contributed by atoms with Crippen LogP contribution >= 0.6 is 0 Å². The minimum Gasteiger partial charge on any atom is -0.493 e. The molecule has 2 aromatic rings. The summed E-state index contributed by atoms with van der Waals surface area (Å²) in [5.74, 6) is 1.23. The van der Waals surface area contributed by atoms with Crippen molar-refractivity contribution in [2.24, 2.45) is 0 Å².